The monoisotopic (exact) mass is 379 g/mol. The van der Waals surface area contributed by atoms with E-state index in [1.807, 2.05) is 0 Å². The Morgan fingerprint density at radius 1 is 1.04 bits per heavy atom. The summed E-state index contributed by atoms with van der Waals surface area (Å²) in [6.45, 7) is 2.30. The molecule has 2 nitrogen and oxygen atoms in total. The summed E-state index contributed by atoms with van der Waals surface area (Å²) in [5.41, 5.74) is 0.0870. The first-order valence-corrected chi connectivity index (χ1v) is 12.2. The predicted octanol–water partition coefficient (Wildman–Crippen LogP) is 6.00. The van der Waals surface area contributed by atoms with E-state index in [-0.39, 0.29) is 20.5 Å². The van der Waals surface area contributed by atoms with Crippen LogP contribution in [0.4, 0.5) is 8.78 Å². The number of ether oxygens (including phenoxy) is 1. The number of halogens is 2. The molecule has 0 aromatic heterocycles. The number of hydrogen-bond acceptors (Lipinski definition) is 2. The first-order chi connectivity index (χ1) is 12.6. The summed E-state index contributed by atoms with van der Waals surface area (Å²) < 4.78 is 31.8. The third kappa shape index (κ3) is 4.93. The summed E-state index contributed by atoms with van der Waals surface area (Å²) in [6.07, 6.45) is 8.08. The lowest BCUT2D eigenvalue weighted by atomic mass is 9.76. The Bertz CT molecular complexity index is 606. The molecule has 1 saturated carbocycles. The summed E-state index contributed by atoms with van der Waals surface area (Å²) in [7, 11) is -0.0590. The van der Waals surface area contributed by atoms with Crippen LogP contribution in [0.15, 0.2) is 18.2 Å². The molecule has 0 bridgehead atoms. The third-order valence-electron chi connectivity index (χ3n) is 6.16. The van der Waals surface area contributed by atoms with Crippen molar-refractivity contribution in [3.8, 4) is 0 Å². The number of rotatable bonds is 5. The molecule has 0 spiro atoms. The van der Waals surface area contributed by atoms with Gasteiger partial charge in [0.1, 0.15) is 6.10 Å². The Hall–Kier alpha value is -1.23. The molecule has 1 aromatic rings. The van der Waals surface area contributed by atoms with Gasteiger partial charge in [0, 0.05) is 8.80 Å². The van der Waals surface area contributed by atoms with E-state index in [2.05, 4.69) is 6.92 Å². The summed E-state index contributed by atoms with van der Waals surface area (Å²) in [4.78, 5) is 12.1. The van der Waals surface area contributed by atoms with E-state index in [9.17, 15) is 13.6 Å². The standard InChI is InChI=1S/C21H29F2O2Si/c1-2-11-26-12-9-16(10-13-26)15-3-6-18(7-4-15)25-21(24)17-5-8-19(22)20(23)14-17/h5,8,14-16,18H,2-4,6-7,9-13H2,1H3. The van der Waals surface area contributed by atoms with Crippen molar-refractivity contribution in [2.24, 2.45) is 11.8 Å². The molecule has 0 unspecified atom stereocenters. The fraction of sp³-hybridized carbons (Fsp3) is 0.667. The number of hydrogen-bond donors (Lipinski definition) is 0. The highest BCUT2D eigenvalue weighted by molar-refractivity contribution is 6.58. The Morgan fingerprint density at radius 2 is 1.69 bits per heavy atom. The smallest absolute Gasteiger partial charge is 0.338 e. The van der Waals surface area contributed by atoms with Crippen LogP contribution in [0.25, 0.3) is 0 Å². The predicted molar refractivity (Wildman–Crippen MR) is 101 cm³/mol. The van der Waals surface area contributed by atoms with Crippen molar-refractivity contribution in [2.75, 3.05) is 0 Å². The van der Waals surface area contributed by atoms with Gasteiger partial charge in [-0.1, -0.05) is 44.3 Å². The van der Waals surface area contributed by atoms with Gasteiger partial charge in [-0.15, -0.1) is 0 Å². The zero-order chi connectivity index (χ0) is 18.5. The second kappa shape index (κ2) is 9.11. The number of carbonyl (C=O) groups is 1. The van der Waals surface area contributed by atoms with Crippen molar-refractivity contribution < 1.29 is 18.3 Å². The molecule has 2 aliphatic rings. The zero-order valence-electron chi connectivity index (χ0n) is 15.6. The van der Waals surface area contributed by atoms with E-state index in [0.29, 0.717) is 0 Å². The van der Waals surface area contributed by atoms with Crippen LogP contribution in [-0.2, 0) is 4.74 Å². The average Bonchev–Trinajstić information content (AvgIpc) is 2.65. The normalized spacial score (nSPS) is 25.2. The maximum Gasteiger partial charge on any atom is 0.338 e. The highest BCUT2D eigenvalue weighted by atomic mass is 28.3. The molecule has 143 valence electrons. The first kappa shape index (κ1) is 19.5. The largest absolute Gasteiger partial charge is 0.459 e. The van der Waals surface area contributed by atoms with E-state index in [1.54, 1.807) is 0 Å². The topological polar surface area (TPSA) is 26.3 Å². The van der Waals surface area contributed by atoms with Crippen LogP contribution in [0.3, 0.4) is 0 Å². The SMILES string of the molecule is CCC[Si]1CCC(C2CCC(OC(=O)c3ccc(F)c(F)c3)CC2)CC1. The second-order valence-electron chi connectivity index (χ2n) is 7.91. The van der Waals surface area contributed by atoms with Gasteiger partial charge >= 0.3 is 5.97 Å². The van der Waals surface area contributed by atoms with E-state index in [4.69, 9.17) is 4.74 Å². The van der Waals surface area contributed by atoms with E-state index >= 15 is 0 Å². The minimum Gasteiger partial charge on any atom is -0.459 e. The Balaban J connectivity index is 1.44. The van der Waals surface area contributed by atoms with Crippen LogP contribution in [0, 0.1) is 23.5 Å². The quantitative estimate of drug-likeness (QED) is 0.463. The van der Waals surface area contributed by atoms with Crippen molar-refractivity contribution in [1.29, 1.82) is 0 Å². The molecular weight excluding hydrogens is 350 g/mol. The zero-order valence-corrected chi connectivity index (χ0v) is 16.6. The van der Waals surface area contributed by atoms with Crippen LogP contribution in [-0.4, -0.2) is 20.9 Å². The van der Waals surface area contributed by atoms with Crippen LogP contribution >= 0.6 is 0 Å². The Morgan fingerprint density at radius 3 is 2.31 bits per heavy atom. The van der Waals surface area contributed by atoms with Crippen LogP contribution in [0.2, 0.25) is 18.1 Å². The maximum absolute atomic E-state index is 13.3. The van der Waals surface area contributed by atoms with Crippen molar-refractivity contribution in [1.82, 2.24) is 0 Å². The van der Waals surface area contributed by atoms with Crippen LogP contribution in [0.1, 0.15) is 62.2 Å². The molecule has 0 N–H and O–H groups in total. The van der Waals surface area contributed by atoms with Gasteiger partial charge in [-0.25, -0.2) is 13.6 Å². The molecule has 1 aromatic carbocycles. The molecule has 26 heavy (non-hydrogen) atoms. The lowest BCUT2D eigenvalue weighted by Gasteiger charge is -2.37. The third-order valence-corrected chi connectivity index (χ3v) is 9.35. The summed E-state index contributed by atoms with van der Waals surface area (Å²) in [6, 6.07) is 7.61. The molecule has 0 amide bonds. The lowest BCUT2D eigenvalue weighted by molar-refractivity contribution is 0.0126. The summed E-state index contributed by atoms with van der Waals surface area (Å²) >= 11 is 0. The highest BCUT2D eigenvalue weighted by Gasteiger charge is 2.32. The van der Waals surface area contributed by atoms with Gasteiger partial charge in [0.05, 0.1) is 5.56 Å². The fourth-order valence-electron chi connectivity index (χ4n) is 4.64. The van der Waals surface area contributed by atoms with Crippen LogP contribution < -0.4 is 0 Å². The van der Waals surface area contributed by atoms with Crippen LogP contribution in [0.5, 0.6) is 0 Å². The summed E-state index contributed by atoms with van der Waals surface area (Å²) in [5, 5.41) is 0. The molecule has 1 aliphatic heterocycles. The van der Waals surface area contributed by atoms with Gasteiger partial charge in [0.2, 0.25) is 0 Å². The van der Waals surface area contributed by atoms with Gasteiger partial charge in [-0.2, -0.15) is 0 Å². The maximum atomic E-state index is 13.3. The summed E-state index contributed by atoms with van der Waals surface area (Å²) in [5.74, 6) is -0.860. The first-order valence-electron chi connectivity index (χ1n) is 10.1. The van der Waals surface area contributed by atoms with Crippen molar-refractivity contribution in [3.63, 3.8) is 0 Å². The van der Waals surface area contributed by atoms with Crippen molar-refractivity contribution in [3.05, 3.63) is 35.4 Å². The molecular formula is C21H29F2O2Si. The van der Waals surface area contributed by atoms with Gasteiger partial charge in [-0.05, 0) is 55.7 Å². The number of carbonyl (C=O) groups excluding carboxylic acids is 1. The molecule has 3 rings (SSSR count). The van der Waals surface area contributed by atoms with Gasteiger partial charge < -0.3 is 4.74 Å². The molecule has 5 heteroatoms. The van der Waals surface area contributed by atoms with Gasteiger partial charge in [-0.3, -0.25) is 0 Å². The lowest BCUT2D eigenvalue weighted by Crippen LogP contribution is -2.31. The van der Waals surface area contributed by atoms with Gasteiger partial charge in [0.15, 0.2) is 11.6 Å². The molecule has 1 aliphatic carbocycles. The molecule has 1 radical (unpaired) electrons. The minimum atomic E-state index is -1.01. The second-order valence-corrected chi connectivity index (χ2v) is 10.9. The van der Waals surface area contributed by atoms with E-state index < -0.39 is 17.6 Å². The minimum absolute atomic E-state index is 0.0590. The molecule has 1 heterocycles. The number of esters is 1. The fourth-order valence-corrected chi connectivity index (χ4v) is 7.66. The molecule has 1 saturated heterocycles. The Labute approximate surface area is 156 Å². The average molecular weight is 380 g/mol. The highest BCUT2D eigenvalue weighted by Crippen LogP contribution is 2.40. The molecule has 2 fully saturated rings. The van der Waals surface area contributed by atoms with Gasteiger partial charge in [0.25, 0.3) is 0 Å². The number of benzene rings is 1. The van der Waals surface area contributed by atoms with Crippen molar-refractivity contribution in [2.45, 2.75) is 76.1 Å². The Kier molecular flexibility index (Phi) is 6.84. The van der Waals surface area contributed by atoms with Crippen molar-refractivity contribution >= 4 is 14.8 Å². The van der Waals surface area contributed by atoms with E-state index in [0.717, 1.165) is 49.7 Å². The molecule has 0 atom stereocenters. The van der Waals surface area contributed by atoms with E-state index in [1.165, 1.54) is 43.5 Å².